The van der Waals surface area contributed by atoms with E-state index < -0.39 is 5.97 Å². The van der Waals surface area contributed by atoms with Gasteiger partial charge in [0.1, 0.15) is 18.1 Å². The second-order valence-electron chi connectivity index (χ2n) is 6.75. The van der Waals surface area contributed by atoms with Crippen molar-refractivity contribution in [2.24, 2.45) is 0 Å². The summed E-state index contributed by atoms with van der Waals surface area (Å²) in [6.45, 7) is -0.321. The zero-order valence-electron chi connectivity index (χ0n) is 16.6. The van der Waals surface area contributed by atoms with Crippen molar-refractivity contribution in [1.29, 1.82) is 0 Å². The molecule has 0 radical (unpaired) electrons. The second kappa shape index (κ2) is 9.23. The minimum atomic E-state index is -0.669. The van der Waals surface area contributed by atoms with Crippen molar-refractivity contribution in [3.8, 4) is 11.5 Å². The Morgan fingerprint density at radius 2 is 1.58 bits per heavy atom. The minimum Gasteiger partial charge on any atom is -0.457 e. The van der Waals surface area contributed by atoms with Gasteiger partial charge in [-0.25, -0.2) is 9.48 Å². The average Bonchev–Trinajstić information content (AvgIpc) is 2.81. The van der Waals surface area contributed by atoms with Gasteiger partial charge in [0, 0.05) is 10.9 Å². The smallest absolute Gasteiger partial charge is 0.359 e. The molecule has 7 heteroatoms. The summed E-state index contributed by atoms with van der Waals surface area (Å²) in [5.41, 5.74) is 0.334. The lowest BCUT2D eigenvalue weighted by Crippen LogP contribution is -2.27. The van der Waals surface area contributed by atoms with E-state index >= 15 is 0 Å². The van der Waals surface area contributed by atoms with Gasteiger partial charge in [-0.05, 0) is 24.3 Å². The van der Waals surface area contributed by atoms with Gasteiger partial charge in [-0.15, -0.1) is 0 Å². The molecule has 3 aromatic carbocycles. The van der Waals surface area contributed by atoms with Gasteiger partial charge in [-0.2, -0.15) is 5.10 Å². The number of aliphatic hydroxyl groups is 1. The molecule has 31 heavy (non-hydrogen) atoms. The average molecular weight is 416 g/mol. The van der Waals surface area contributed by atoms with Crippen LogP contribution in [0.1, 0.15) is 16.1 Å². The highest BCUT2D eigenvalue weighted by molar-refractivity contribution is 6.02. The Balaban J connectivity index is 1.60. The fourth-order valence-electron chi connectivity index (χ4n) is 3.18. The minimum absolute atomic E-state index is 0.0162. The number of nitrogens with zero attached hydrogens (tertiary/aromatic N) is 2. The van der Waals surface area contributed by atoms with Crippen molar-refractivity contribution in [1.82, 2.24) is 9.78 Å². The first-order chi connectivity index (χ1) is 15.2. The molecule has 1 aromatic heterocycles. The molecule has 4 rings (SSSR count). The lowest BCUT2D eigenvalue weighted by molar-refractivity contribution is 0.0463. The van der Waals surface area contributed by atoms with Crippen molar-refractivity contribution in [2.45, 2.75) is 13.2 Å². The zero-order valence-corrected chi connectivity index (χ0v) is 16.6. The number of aromatic nitrogens is 2. The summed E-state index contributed by atoms with van der Waals surface area (Å²) >= 11 is 0. The van der Waals surface area contributed by atoms with Crippen molar-refractivity contribution >= 4 is 16.7 Å². The molecule has 0 saturated heterocycles. The molecule has 7 nitrogen and oxygen atoms in total. The van der Waals surface area contributed by atoms with Gasteiger partial charge < -0.3 is 14.6 Å². The van der Waals surface area contributed by atoms with Crippen LogP contribution in [0, 0.1) is 0 Å². The van der Waals surface area contributed by atoms with E-state index in [1.807, 2.05) is 48.5 Å². The van der Waals surface area contributed by atoms with Crippen LogP contribution in [-0.4, -0.2) is 27.5 Å². The van der Waals surface area contributed by atoms with E-state index in [1.165, 1.54) is 0 Å². The maximum atomic E-state index is 12.9. The van der Waals surface area contributed by atoms with Crippen LogP contribution in [0.3, 0.4) is 0 Å². The molecular formula is C24H20N2O5. The monoisotopic (exact) mass is 416 g/mol. The summed E-state index contributed by atoms with van der Waals surface area (Å²) in [7, 11) is 0. The first kappa shape index (κ1) is 20.3. The SMILES string of the molecule is O=C(OCc1ccccc1Oc1ccccc1)c1nn(CCO)c(=O)c2ccccc12. The Kier molecular flexibility index (Phi) is 6.05. The largest absolute Gasteiger partial charge is 0.457 e. The fraction of sp³-hybridized carbons (Fsp3) is 0.125. The highest BCUT2D eigenvalue weighted by atomic mass is 16.5. The van der Waals surface area contributed by atoms with Gasteiger partial charge in [0.2, 0.25) is 0 Å². The number of benzene rings is 3. The molecule has 0 aliphatic rings. The van der Waals surface area contributed by atoms with Gasteiger partial charge in [-0.3, -0.25) is 4.79 Å². The first-order valence-corrected chi connectivity index (χ1v) is 9.76. The molecule has 156 valence electrons. The predicted octanol–water partition coefficient (Wildman–Crippen LogP) is 3.54. The highest BCUT2D eigenvalue weighted by Crippen LogP contribution is 2.26. The van der Waals surface area contributed by atoms with Crippen LogP contribution in [-0.2, 0) is 17.9 Å². The van der Waals surface area contributed by atoms with Crippen LogP contribution < -0.4 is 10.3 Å². The number of hydrogen-bond acceptors (Lipinski definition) is 6. The lowest BCUT2D eigenvalue weighted by atomic mass is 10.1. The Labute approximate surface area is 178 Å². The lowest BCUT2D eigenvalue weighted by Gasteiger charge is -2.13. The fourth-order valence-corrected chi connectivity index (χ4v) is 3.18. The van der Waals surface area contributed by atoms with E-state index in [4.69, 9.17) is 9.47 Å². The number of hydrogen-bond donors (Lipinski definition) is 1. The number of carbonyl (C=O) groups excluding carboxylic acids is 1. The van der Waals surface area contributed by atoms with E-state index in [2.05, 4.69) is 5.10 Å². The van der Waals surface area contributed by atoms with Crippen LogP contribution in [0.2, 0.25) is 0 Å². The Morgan fingerprint density at radius 1 is 0.903 bits per heavy atom. The molecule has 0 unspecified atom stereocenters. The molecule has 0 spiro atoms. The van der Waals surface area contributed by atoms with E-state index in [9.17, 15) is 14.7 Å². The van der Waals surface area contributed by atoms with Gasteiger partial charge in [0.05, 0.1) is 18.5 Å². The van der Waals surface area contributed by atoms with Gasteiger partial charge in [-0.1, -0.05) is 54.6 Å². The molecule has 1 N–H and O–H groups in total. The van der Waals surface area contributed by atoms with Crippen molar-refractivity contribution in [3.05, 3.63) is 100 Å². The molecule has 0 amide bonds. The van der Waals surface area contributed by atoms with Gasteiger partial charge in [0.25, 0.3) is 5.56 Å². The van der Waals surface area contributed by atoms with Crippen LogP contribution in [0.25, 0.3) is 10.8 Å². The van der Waals surface area contributed by atoms with Crippen LogP contribution in [0.4, 0.5) is 0 Å². The normalized spacial score (nSPS) is 10.7. The summed E-state index contributed by atoms with van der Waals surface area (Å²) in [5, 5.41) is 14.1. The molecule has 4 aromatic rings. The van der Waals surface area contributed by atoms with Gasteiger partial charge in [0.15, 0.2) is 5.69 Å². The topological polar surface area (TPSA) is 90.7 Å². The standard InChI is InChI=1S/C24H20N2O5/c27-15-14-26-23(28)20-12-6-5-11-19(20)22(25-26)24(29)30-16-17-8-4-7-13-21(17)31-18-9-2-1-3-10-18/h1-13,27H,14-16H2. The third-order valence-corrected chi connectivity index (χ3v) is 4.68. The zero-order chi connectivity index (χ0) is 21.6. The molecular weight excluding hydrogens is 396 g/mol. The third kappa shape index (κ3) is 4.46. The van der Waals surface area contributed by atoms with Crippen molar-refractivity contribution < 1.29 is 19.4 Å². The highest BCUT2D eigenvalue weighted by Gasteiger charge is 2.18. The molecule has 0 atom stereocenters. The number of aliphatic hydroxyl groups excluding tert-OH is 1. The van der Waals surface area contributed by atoms with E-state index in [1.54, 1.807) is 30.3 Å². The second-order valence-corrected chi connectivity index (χ2v) is 6.75. The molecule has 0 fully saturated rings. The number of ether oxygens (including phenoxy) is 2. The number of para-hydroxylation sites is 2. The van der Waals surface area contributed by atoms with Crippen molar-refractivity contribution in [3.63, 3.8) is 0 Å². The van der Waals surface area contributed by atoms with Crippen molar-refractivity contribution in [2.75, 3.05) is 6.61 Å². The Hall–Kier alpha value is -3.97. The number of carbonyl (C=O) groups is 1. The Bertz CT molecular complexity index is 1270. The van der Waals surface area contributed by atoms with Crippen LogP contribution >= 0.6 is 0 Å². The molecule has 0 aliphatic heterocycles. The molecule has 0 bridgehead atoms. The van der Waals surface area contributed by atoms with Crippen LogP contribution in [0.15, 0.2) is 83.7 Å². The van der Waals surface area contributed by atoms with E-state index in [0.717, 1.165) is 4.68 Å². The summed E-state index contributed by atoms with van der Waals surface area (Å²) < 4.78 is 12.5. The number of rotatable bonds is 7. The molecule has 0 aliphatic carbocycles. The predicted molar refractivity (Wildman–Crippen MR) is 115 cm³/mol. The van der Waals surface area contributed by atoms with E-state index in [0.29, 0.717) is 27.8 Å². The summed E-state index contributed by atoms with van der Waals surface area (Å²) in [5.74, 6) is 0.576. The first-order valence-electron chi connectivity index (χ1n) is 9.76. The summed E-state index contributed by atoms with van der Waals surface area (Å²) in [6, 6.07) is 23.3. The summed E-state index contributed by atoms with van der Waals surface area (Å²) in [6.07, 6.45) is 0. The Morgan fingerprint density at radius 3 is 2.35 bits per heavy atom. The maximum absolute atomic E-state index is 12.9. The maximum Gasteiger partial charge on any atom is 0.359 e. The quantitative estimate of drug-likeness (QED) is 0.464. The molecule has 0 saturated carbocycles. The number of esters is 1. The third-order valence-electron chi connectivity index (χ3n) is 4.68. The summed E-state index contributed by atoms with van der Waals surface area (Å²) in [4.78, 5) is 25.4. The van der Waals surface area contributed by atoms with Gasteiger partial charge >= 0.3 is 5.97 Å². The van der Waals surface area contributed by atoms with Crippen LogP contribution in [0.5, 0.6) is 11.5 Å². The molecule has 1 heterocycles. The van der Waals surface area contributed by atoms with E-state index in [-0.39, 0.29) is 31.0 Å². The number of fused-ring (bicyclic) bond motifs is 1.